The SMILES string of the molecule is CCCN(CC1CC1)C(=O)c1ccc(Nc2ncc3c(n2)-c2ccccc2NC(=O)C3)cc1. The van der Waals surface area contributed by atoms with E-state index in [1.54, 1.807) is 6.20 Å². The van der Waals surface area contributed by atoms with Crippen molar-refractivity contribution >= 4 is 29.1 Å². The predicted octanol–water partition coefficient (Wildman–Crippen LogP) is 4.64. The number of amides is 2. The minimum atomic E-state index is -0.0791. The molecule has 0 radical (unpaired) electrons. The quantitative estimate of drug-likeness (QED) is 0.558. The number of para-hydroxylation sites is 1. The van der Waals surface area contributed by atoms with E-state index >= 15 is 0 Å². The van der Waals surface area contributed by atoms with Gasteiger partial charge < -0.3 is 15.5 Å². The molecule has 1 aromatic heterocycles. The van der Waals surface area contributed by atoms with Gasteiger partial charge in [0.05, 0.1) is 17.8 Å². The summed E-state index contributed by atoms with van der Waals surface area (Å²) >= 11 is 0. The van der Waals surface area contributed by atoms with Gasteiger partial charge in [0.15, 0.2) is 0 Å². The fourth-order valence-corrected chi connectivity index (χ4v) is 4.16. The second-order valence-electron chi connectivity index (χ2n) is 8.73. The molecule has 0 atom stereocenters. The Labute approximate surface area is 193 Å². The molecule has 2 heterocycles. The number of anilines is 3. The molecule has 2 aromatic carbocycles. The van der Waals surface area contributed by atoms with Crippen LogP contribution in [-0.4, -0.2) is 39.8 Å². The second kappa shape index (κ2) is 9.02. The Balaban J connectivity index is 1.35. The van der Waals surface area contributed by atoms with E-state index in [-0.39, 0.29) is 18.2 Å². The molecule has 0 saturated heterocycles. The molecule has 2 aliphatic rings. The fourth-order valence-electron chi connectivity index (χ4n) is 4.16. The topological polar surface area (TPSA) is 87.2 Å². The van der Waals surface area contributed by atoms with Crippen LogP contribution in [0.1, 0.15) is 42.1 Å². The van der Waals surface area contributed by atoms with Gasteiger partial charge in [-0.05, 0) is 55.5 Å². The number of carbonyl (C=O) groups excluding carboxylic acids is 2. The maximum Gasteiger partial charge on any atom is 0.253 e. The third kappa shape index (κ3) is 4.72. The summed E-state index contributed by atoms with van der Waals surface area (Å²) in [5.41, 5.74) is 4.63. The molecule has 7 nitrogen and oxygen atoms in total. The van der Waals surface area contributed by atoms with Gasteiger partial charge in [0.1, 0.15) is 0 Å². The van der Waals surface area contributed by atoms with Gasteiger partial charge in [-0.15, -0.1) is 0 Å². The lowest BCUT2D eigenvalue weighted by atomic mass is 10.1. The summed E-state index contributed by atoms with van der Waals surface area (Å²) in [5.74, 6) is 1.12. The average molecular weight is 442 g/mol. The zero-order valence-corrected chi connectivity index (χ0v) is 18.7. The summed E-state index contributed by atoms with van der Waals surface area (Å²) in [6.45, 7) is 3.75. The largest absolute Gasteiger partial charge is 0.338 e. The molecule has 1 saturated carbocycles. The van der Waals surface area contributed by atoms with Crippen LogP contribution in [0, 0.1) is 5.92 Å². The Morgan fingerprint density at radius 1 is 1.15 bits per heavy atom. The Bertz CT molecular complexity index is 1190. The zero-order valence-electron chi connectivity index (χ0n) is 18.7. The average Bonchev–Trinajstić information content (AvgIpc) is 3.65. The van der Waals surface area contributed by atoms with E-state index in [9.17, 15) is 9.59 Å². The molecule has 0 bridgehead atoms. The molecule has 5 rings (SSSR count). The van der Waals surface area contributed by atoms with E-state index in [4.69, 9.17) is 4.98 Å². The van der Waals surface area contributed by atoms with Crippen LogP contribution in [0.5, 0.6) is 0 Å². The van der Waals surface area contributed by atoms with Crippen LogP contribution in [0.3, 0.4) is 0 Å². The zero-order chi connectivity index (χ0) is 22.8. The molecule has 2 N–H and O–H groups in total. The first kappa shape index (κ1) is 21.1. The minimum Gasteiger partial charge on any atom is -0.338 e. The maximum atomic E-state index is 13.0. The Hall–Kier alpha value is -3.74. The number of fused-ring (bicyclic) bond motifs is 3. The van der Waals surface area contributed by atoms with E-state index in [1.165, 1.54) is 12.8 Å². The van der Waals surface area contributed by atoms with Gasteiger partial charge in [-0.25, -0.2) is 9.97 Å². The number of hydrogen-bond acceptors (Lipinski definition) is 5. The lowest BCUT2D eigenvalue weighted by Crippen LogP contribution is -2.33. The lowest BCUT2D eigenvalue weighted by Gasteiger charge is -2.22. The van der Waals surface area contributed by atoms with Crippen molar-refractivity contribution in [2.24, 2.45) is 5.92 Å². The van der Waals surface area contributed by atoms with Crippen molar-refractivity contribution in [3.63, 3.8) is 0 Å². The molecule has 0 spiro atoms. The number of aromatic nitrogens is 2. The van der Waals surface area contributed by atoms with Gasteiger partial charge in [-0.3, -0.25) is 9.59 Å². The lowest BCUT2D eigenvalue weighted by molar-refractivity contribution is -0.115. The summed E-state index contributed by atoms with van der Waals surface area (Å²) in [6.07, 6.45) is 5.34. The van der Waals surface area contributed by atoms with Crippen LogP contribution in [0.4, 0.5) is 17.3 Å². The summed E-state index contributed by atoms with van der Waals surface area (Å²) in [7, 11) is 0. The van der Waals surface area contributed by atoms with Gasteiger partial charge in [-0.1, -0.05) is 25.1 Å². The van der Waals surface area contributed by atoms with Crippen molar-refractivity contribution in [2.45, 2.75) is 32.6 Å². The molecule has 7 heteroatoms. The summed E-state index contributed by atoms with van der Waals surface area (Å²) < 4.78 is 0. The highest BCUT2D eigenvalue weighted by atomic mass is 16.2. The predicted molar refractivity (Wildman–Crippen MR) is 128 cm³/mol. The van der Waals surface area contributed by atoms with Crippen molar-refractivity contribution < 1.29 is 9.59 Å². The van der Waals surface area contributed by atoms with Crippen molar-refractivity contribution in [1.82, 2.24) is 14.9 Å². The molecule has 2 amide bonds. The van der Waals surface area contributed by atoms with Crippen LogP contribution in [0.15, 0.2) is 54.7 Å². The first-order valence-electron chi connectivity index (χ1n) is 11.5. The third-order valence-corrected chi connectivity index (χ3v) is 6.02. The Kier molecular flexibility index (Phi) is 5.77. The number of carbonyl (C=O) groups is 2. The van der Waals surface area contributed by atoms with Crippen molar-refractivity contribution in [3.05, 3.63) is 65.9 Å². The fraction of sp³-hybridized carbons (Fsp3) is 0.308. The molecule has 1 fully saturated rings. The Morgan fingerprint density at radius 3 is 2.70 bits per heavy atom. The number of benzene rings is 2. The number of rotatable bonds is 7. The summed E-state index contributed by atoms with van der Waals surface area (Å²) in [4.78, 5) is 36.2. The molecule has 33 heavy (non-hydrogen) atoms. The third-order valence-electron chi connectivity index (χ3n) is 6.02. The normalized spacial score (nSPS) is 14.5. The van der Waals surface area contributed by atoms with E-state index in [1.807, 2.05) is 53.4 Å². The van der Waals surface area contributed by atoms with Crippen molar-refractivity contribution in [1.29, 1.82) is 0 Å². The monoisotopic (exact) mass is 441 g/mol. The highest BCUT2D eigenvalue weighted by Crippen LogP contribution is 2.33. The van der Waals surface area contributed by atoms with Crippen LogP contribution in [0.2, 0.25) is 0 Å². The van der Waals surface area contributed by atoms with E-state index in [0.717, 1.165) is 47.7 Å². The van der Waals surface area contributed by atoms with Gasteiger partial charge >= 0.3 is 0 Å². The molecule has 1 aliphatic carbocycles. The first-order chi connectivity index (χ1) is 16.1. The Morgan fingerprint density at radius 2 is 1.94 bits per heavy atom. The number of nitrogens with one attached hydrogen (secondary N) is 2. The van der Waals surface area contributed by atoms with Gasteiger partial charge in [0.25, 0.3) is 5.91 Å². The summed E-state index contributed by atoms with van der Waals surface area (Å²) in [6, 6.07) is 15.1. The first-order valence-corrected chi connectivity index (χ1v) is 11.5. The van der Waals surface area contributed by atoms with Crippen LogP contribution >= 0.6 is 0 Å². The number of nitrogens with zero attached hydrogens (tertiary/aromatic N) is 3. The van der Waals surface area contributed by atoms with Crippen molar-refractivity contribution in [3.8, 4) is 11.3 Å². The smallest absolute Gasteiger partial charge is 0.253 e. The molecular weight excluding hydrogens is 414 g/mol. The van der Waals surface area contributed by atoms with Gasteiger partial charge in [0, 0.05) is 41.7 Å². The highest BCUT2D eigenvalue weighted by Gasteiger charge is 2.27. The second-order valence-corrected chi connectivity index (χ2v) is 8.73. The van der Waals surface area contributed by atoms with Crippen LogP contribution in [0.25, 0.3) is 11.3 Å². The van der Waals surface area contributed by atoms with E-state index in [0.29, 0.717) is 17.4 Å². The van der Waals surface area contributed by atoms with Crippen LogP contribution < -0.4 is 10.6 Å². The van der Waals surface area contributed by atoms with Gasteiger partial charge in [0.2, 0.25) is 11.9 Å². The maximum absolute atomic E-state index is 13.0. The van der Waals surface area contributed by atoms with E-state index < -0.39 is 0 Å². The molecule has 1 aliphatic heterocycles. The molecule has 168 valence electrons. The number of hydrogen-bond donors (Lipinski definition) is 2. The van der Waals surface area contributed by atoms with E-state index in [2.05, 4.69) is 22.5 Å². The molecular formula is C26H27N5O2. The summed E-state index contributed by atoms with van der Waals surface area (Å²) in [5, 5.41) is 6.15. The van der Waals surface area contributed by atoms with Gasteiger partial charge in [-0.2, -0.15) is 0 Å². The van der Waals surface area contributed by atoms with Crippen LogP contribution in [-0.2, 0) is 11.2 Å². The van der Waals surface area contributed by atoms with Crippen molar-refractivity contribution in [2.75, 3.05) is 23.7 Å². The molecule has 3 aromatic rings. The highest BCUT2D eigenvalue weighted by molar-refractivity contribution is 6.00. The molecule has 0 unspecified atom stereocenters. The minimum absolute atomic E-state index is 0.0791. The standard InChI is InChI=1S/C26H27N5O2/c1-2-13-31(16-17-7-8-17)25(33)18-9-11-20(12-10-18)28-26-27-15-19-14-23(32)29-22-6-4-3-5-21(22)24(19)30-26/h3-6,9-12,15,17H,2,7-8,13-14,16H2,1H3,(H,29,32)(H,27,28,30).